The molecule has 0 aliphatic heterocycles. The second-order valence-corrected chi connectivity index (χ2v) is 3.29. The number of hydrogen-bond acceptors (Lipinski definition) is 3. The van der Waals surface area contributed by atoms with Crippen LogP contribution in [0.4, 0.5) is 4.39 Å². The molecule has 4 nitrogen and oxygen atoms in total. The molecule has 0 saturated carbocycles. The second-order valence-electron chi connectivity index (χ2n) is 3.29. The minimum atomic E-state index is -0.511. The topological polar surface area (TPSA) is 44.1 Å². The van der Waals surface area contributed by atoms with Crippen LogP contribution in [0.15, 0.2) is 30.6 Å². The summed E-state index contributed by atoms with van der Waals surface area (Å²) in [5, 5.41) is 3.91. The summed E-state index contributed by atoms with van der Waals surface area (Å²) >= 11 is 0. The van der Waals surface area contributed by atoms with E-state index in [1.165, 1.54) is 18.3 Å². The van der Waals surface area contributed by atoms with E-state index < -0.39 is 5.82 Å². The van der Waals surface area contributed by atoms with Gasteiger partial charge in [0.15, 0.2) is 5.75 Å². The zero-order valence-corrected chi connectivity index (χ0v) is 8.55. The van der Waals surface area contributed by atoms with Crippen molar-refractivity contribution in [1.82, 2.24) is 9.78 Å². The Morgan fingerprint density at radius 2 is 2.19 bits per heavy atom. The lowest BCUT2D eigenvalue weighted by molar-refractivity contribution is 0.112. The smallest absolute Gasteiger partial charge is 0.165 e. The van der Waals surface area contributed by atoms with Gasteiger partial charge in [-0.05, 0) is 12.1 Å². The predicted molar refractivity (Wildman–Crippen MR) is 55.1 cm³/mol. The Labute approximate surface area is 91.3 Å². The minimum absolute atomic E-state index is 0.235. The van der Waals surface area contributed by atoms with E-state index in [-0.39, 0.29) is 11.3 Å². The summed E-state index contributed by atoms with van der Waals surface area (Å²) in [5.41, 5.74) is 0.235. The zero-order chi connectivity index (χ0) is 11.5. The lowest BCUT2D eigenvalue weighted by Gasteiger charge is -2.03. The first-order chi connectivity index (χ1) is 7.67. The van der Waals surface area contributed by atoms with Crippen molar-refractivity contribution in [2.24, 2.45) is 7.05 Å². The molecule has 0 bridgehead atoms. The Morgan fingerprint density at radius 3 is 2.81 bits per heavy atom. The van der Waals surface area contributed by atoms with Crippen LogP contribution >= 0.6 is 0 Å². The van der Waals surface area contributed by atoms with Crippen LogP contribution in [0.25, 0.3) is 0 Å². The van der Waals surface area contributed by atoms with E-state index in [4.69, 9.17) is 4.74 Å². The average molecular weight is 220 g/mol. The summed E-state index contributed by atoms with van der Waals surface area (Å²) in [7, 11) is 1.75. The van der Waals surface area contributed by atoms with Gasteiger partial charge in [-0.1, -0.05) is 0 Å². The molecule has 0 fully saturated rings. The Balaban J connectivity index is 2.27. The highest BCUT2D eigenvalue weighted by molar-refractivity contribution is 5.75. The quantitative estimate of drug-likeness (QED) is 0.744. The van der Waals surface area contributed by atoms with Crippen LogP contribution in [0.1, 0.15) is 10.4 Å². The van der Waals surface area contributed by atoms with E-state index in [2.05, 4.69) is 5.10 Å². The van der Waals surface area contributed by atoms with Crippen molar-refractivity contribution < 1.29 is 13.9 Å². The first-order valence-electron chi connectivity index (χ1n) is 4.59. The number of aryl methyl sites for hydroxylation is 1. The van der Waals surface area contributed by atoms with Gasteiger partial charge in [-0.25, -0.2) is 4.39 Å². The molecular weight excluding hydrogens is 211 g/mol. The average Bonchev–Trinajstić information content (AvgIpc) is 2.63. The lowest BCUT2D eigenvalue weighted by atomic mass is 10.2. The van der Waals surface area contributed by atoms with Gasteiger partial charge >= 0.3 is 0 Å². The highest BCUT2D eigenvalue weighted by Gasteiger charge is 2.03. The molecule has 0 saturated heterocycles. The highest BCUT2D eigenvalue weighted by atomic mass is 19.1. The van der Waals surface area contributed by atoms with Crippen LogP contribution in [0, 0.1) is 5.82 Å². The van der Waals surface area contributed by atoms with Crippen LogP contribution in [-0.2, 0) is 7.05 Å². The van der Waals surface area contributed by atoms with Gasteiger partial charge in [-0.15, -0.1) is 0 Å². The molecule has 2 rings (SSSR count). The molecule has 0 N–H and O–H groups in total. The Kier molecular flexibility index (Phi) is 2.68. The molecule has 1 aromatic carbocycles. The fourth-order valence-corrected chi connectivity index (χ4v) is 1.30. The van der Waals surface area contributed by atoms with E-state index in [1.54, 1.807) is 17.9 Å². The van der Waals surface area contributed by atoms with E-state index >= 15 is 0 Å². The Hall–Kier alpha value is -2.17. The van der Waals surface area contributed by atoms with Gasteiger partial charge in [0.05, 0.1) is 12.4 Å². The summed E-state index contributed by atoms with van der Waals surface area (Å²) < 4.78 is 20.0. The van der Waals surface area contributed by atoms with Crippen LogP contribution in [0.3, 0.4) is 0 Å². The highest BCUT2D eigenvalue weighted by Crippen LogP contribution is 2.22. The third kappa shape index (κ3) is 2.25. The van der Waals surface area contributed by atoms with E-state index in [9.17, 15) is 9.18 Å². The zero-order valence-electron chi connectivity index (χ0n) is 8.55. The van der Waals surface area contributed by atoms with Crippen molar-refractivity contribution >= 4 is 6.29 Å². The lowest BCUT2D eigenvalue weighted by Crippen LogP contribution is -1.88. The van der Waals surface area contributed by atoms with Gasteiger partial charge in [0, 0.05) is 18.7 Å². The molecule has 0 aliphatic carbocycles. The number of benzene rings is 1. The summed E-state index contributed by atoms with van der Waals surface area (Å²) in [5.74, 6) is 0.253. The molecule has 0 amide bonds. The minimum Gasteiger partial charge on any atom is -0.454 e. The van der Waals surface area contributed by atoms with Crippen LogP contribution < -0.4 is 4.74 Å². The number of halogens is 1. The molecular formula is C11H9FN2O2. The SMILES string of the molecule is Cn1cc(Oc2cc(F)cc(C=O)c2)cn1. The number of carbonyl (C=O) groups is 1. The van der Waals surface area contributed by atoms with Gasteiger partial charge in [0.25, 0.3) is 0 Å². The summed E-state index contributed by atoms with van der Waals surface area (Å²) in [4.78, 5) is 10.5. The van der Waals surface area contributed by atoms with Crippen LogP contribution in [0.5, 0.6) is 11.5 Å². The summed E-state index contributed by atoms with van der Waals surface area (Å²) in [6, 6.07) is 3.81. The number of rotatable bonds is 3. The van der Waals surface area contributed by atoms with Crippen LogP contribution in [0.2, 0.25) is 0 Å². The van der Waals surface area contributed by atoms with E-state index in [0.717, 1.165) is 6.07 Å². The molecule has 5 heteroatoms. The predicted octanol–water partition coefficient (Wildman–Crippen LogP) is 2.16. The van der Waals surface area contributed by atoms with Crippen molar-refractivity contribution in [3.8, 4) is 11.5 Å². The first-order valence-corrected chi connectivity index (χ1v) is 4.59. The maximum atomic E-state index is 13.1. The fraction of sp³-hybridized carbons (Fsp3) is 0.0909. The maximum Gasteiger partial charge on any atom is 0.165 e. The second kappa shape index (κ2) is 4.14. The van der Waals surface area contributed by atoms with E-state index in [0.29, 0.717) is 12.0 Å². The number of hydrogen-bond donors (Lipinski definition) is 0. The molecule has 0 aliphatic rings. The van der Waals surface area contributed by atoms with Crippen molar-refractivity contribution in [2.75, 3.05) is 0 Å². The number of nitrogens with zero attached hydrogens (tertiary/aromatic N) is 2. The van der Waals surface area contributed by atoms with Gasteiger partial charge in [0.2, 0.25) is 0 Å². The van der Waals surface area contributed by atoms with Gasteiger partial charge in [-0.3, -0.25) is 9.48 Å². The van der Waals surface area contributed by atoms with Crippen molar-refractivity contribution in [3.63, 3.8) is 0 Å². The molecule has 1 heterocycles. The monoisotopic (exact) mass is 220 g/mol. The number of aldehydes is 1. The first kappa shape index (κ1) is 10.4. The number of aromatic nitrogens is 2. The largest absolute Gasteiger partial charge is 0.454 e. The number of ether oxygens (including phenoxy) is 1. The molecule has 0 atom stereocenters. The third-order valence-electron chi connectivity index (χ3n) is 1.95. The molecule has 2 aromatic rings. The van der Waals surface area contributed by atoms with Crippen LogP contribution in [-0.4, -0.2) is 16.1 Å². The Bertz CT molecular complexity index is 522. The standard InChI is InChI=1S/C11H9FN2O2/c1-14-6-11(5-13-14)16-10-3-8(7-15)2-9(12)4-10/h2-7H,1H3. The molecule has 16 heavy (non-hydrogen) atoms. The molecule has 82 valence electrons. The third-order valence-corrected chi connectivity index (χ3v) is 1.95. The van der Waals surface area contributed by atoms with Gasteiger partial charge < -0.3 is 4.74 Å². The maximum absolute atomic E-state index is 13.1. The number of carbonyl (C=O) groups excluding carboxylic acids is 1. The summed E-state index contributed by atoms with van der Waals surface area (Å²) in [6.45, 7) is 0. The van der Waals surface area contributed by atoms with Crippen molar-refractivity contribution in [3.05, 3.63) is 42.0 Å². The van der Waals surface area contributed by atoms with Crippen molar-refractivity contribution in [2.45, 2.75) is 0 Å². The van der Waals surface area contributed by atoms with Crippen molar-refractivity contribution in [1.29, 1.82) is 0 Å². The normalized spacial score (nSPS) is 10.1. The molecule has 0 unspecified atom stereocenters. The molecule has 0 spiro atoms. The molecule has 0 radical (unpaired) electrons. The Morgan fingerprint density at radius 1 is 1.38 bits per heavy atom. The fourth-order valence-electron chi connectivity index (χ4n) is 1.30. The van der Waals surface area contributed by atoms with E-state index in [1.807, 2.05) is 0 Å². The van der Waals surface area contributed by atoms with Gasteiger partial charge in [0.1, 0.15) is 17.9 Å². The van der Waals surface area contributed by atoms with Gasteiger partial charge in [-0.2, -0.15) is 5.10 Å². The summed E-state index contributed by atoms with van der Waals surface area (Å²) in [6.07, 6.45) is 3.72. The molecule has 1 aromatic heterocycles.